The number of rotatable bonds is 3. The molecule has 0 amide bonds. The summed E-state index contributed by atoms with van der Waals surface area (Å²) in [6, 6.07) is 4.63. The molecule has 0 fully saturated rings. The molecule has 0 bridgehead atoms. The van der Waals surface area contributed by atoms with Crippen LogP contribution < -0.4 is 4.74 Å². The summed E-state index contributed by atoms with van der Waals surface area (Å²) < 4.78 is 18.0. The van der Waals surface area contributed by atoms with Gasteiger partial charge in [-0.05, 0) is 18.6 Å². The summed E-state index contributed by atoms with van der Waals surface area (Å²) >= 11 is 0. The highest BCUT2D eigenvalue weighted by Gasteiger charge is 2.04. The average molecular weight is 165 g/mol. The lowest BCUT2D eigenvalue weighted by molar-refractivity contribution is 0.340. The van der Waals surface area contributed by atoms with Crippen molar-refractivity contribution in [2.75, 3.05) is 6.61 Å². The van der Waals surface area contributed by atoms with Gasteiger partial charge in [0.2, 0.25) is 0 Å². The smallest absolute Gasteiger partial charge is 0.165 e. The second-order valence-corrected chi connectivity index (χ2v) is 2.33. The van der Waals surface area contributed by atoms with Gasteiger partial charge in [-0.3, -0.25) is 0 Å². The molecular formula is C10H10FO. The normalized spacial score (nSPS) is 9.50. The number of para-hydroxylation sites is 1. The number of halogens is 1. The lowest BCUT2D eigenvalue weighted by Gasteiger charge is -2.06. The van der Waals surface area contributed by atoms with E-state index >= 15 is 0 Å². The van der Waals surface area contributed by atoms with E-state index in [0.717, 1.165) is 0 Å². The van der Waals surface area contributed by atoms with Crippen LogP contribution in [0.3, 0.4) is 0 Å². The maximum Gasteiger partial charge on any atom is 0.165 e. The Balaban J connectivity index is 2.88. The molecule has 63 valence electrons. The van der Waals surface area contributed by atoms with Crippen LogP contribution in [0, 0.1) is 12.7 Å². The molecule has 1 rings (SSSR count). The van der Waals surface area contributed by atoms with E-state index in [1.807, 2.05) is 0 Å². The summed E-state index contributed by atoms with van der Waals surface area (Å²) in [5.74, 6) is -0.179. The molecule has 0 aliphatic rings. The third-order valence-corrected chi connectivity index (χ3v) is 1.39. The van der Waals surface area contributed by atoms with E-state index in [2.05, 4.69) is 13.5 Å². The Morgan fingerprint density at radius 2 is 2.25 bits per heavy atom. The molecule has 2 heteroatoms. The van der Waals surface area contributed by atoms with Crippen LogP contribution in [0.4, 0.5) is 4.39 Å². The minimum atomic E-state index is -0.385. The zero-order valence-corrected chi connectivity index (χ0v) is 6.72. The predicted octanol–water partition coefficient (Wildman–Crippen LogP) is 2.57. The van der Waals surface area contributed by atoms with Gasteiger partial charge in [0.05, 0.1) is 0 Å². The SMILES string of the molecule is [CH2]c1cccc(F)c1OCC=C. The zero-order chi connectivity index (χ0) is 8.97. The van der Waals surface area contributed by atoms with Crippen LogP contribution in [0.5, 0.6) is 5.75 Å². The lowest BCUT2D eigenvalue weighted by Crippen LogP contribution is -1.97. The van der Waals surface area contributed by atoms with Crippen LogP contribution >= 0.6 is 0 Å². The maximum absolute atomic E-state index is 13.0. The molecule has 0 unspecified atom stereocenters. The molecule has 1 aromatic rings. The van der Waals surface area contributed by atoms with Crippen molar-refractivity contribution >= 4 is 0 Å². The van der Waals surface area contributed by atoms with Crippen molar-refractivity contribution in [2.45, 2.75) is 0 Å². The molecule has 0 spiro atoms. The number of hydrogen-bond donors (Lipinski definition) is 0. The van der Waals surface area contributed by atoms with Crippen LogP contribution in [-0.4, -0.2) is 6.61 Å². The largest absolute Gasteiger partial charge is 0.486 e. The van der Waals surface area contributed by atoms with Gasteiger partial charge in [0.25, 0.3) is 0 Å². The molecule has 0 aromatic heterocycles. The number of ether oxygens (including phenoxy) is 1. The molecule has 0 heterocycles. The second kappa shape index (κ2) is 3.90. The first-order chi connectivity index (χ1) is 5.75. The molecular weight excluding hydrogens is 155 g/mol. The number of benzene rings is 1. The van der Waals surface area contributed by atoms with Crippen molar-refractivity contribution in [2.24, 2.45) is 0 Å². The summed E-state index contributed by atoms with van der Waals surface area (Å²) in [4.78, 5) is 0. The Morgan fingerprint density at radius 1 is 1.50 bits per heavy atom. The van der Waals surface area contributed by atoms with E-state index in [1.165, 1.54) is 6.07 Å². The first-order valence-corrected chi connectivity index (χ1v) is 3.60. The highest BCUT2D eigenvalue weighted by atomic mass is 19.1. The molecule has 0 saturated heterocycles. The van der Waals surface area contributed by atoms with Gasteiger partial charge in [0.1, 0.15) is 6.61 Å². The van der Waals surface area contributed by atoms with Gasteiger partial charge in [0, 0.05) is 0 Å². The van der Waals surface area contributed by atoms with Crippen molar-refractivity contribution in [1.29, 1.82) is 0 Å². The molecule has 0 aliphatic heterocycles. The second-order valence-electron chi connectivity index (χ2n) is 2.33. The van der Waals surface area contributed by atoms with Gasteiger partial charge in [-0.15, -0.1) is 0 Å². The van der Waals surface area contributed by atoms with Gasteiger partial charge in [-0.1, -0.05) is 24.8 Å². The third-order valence-electron chi connectivity index (χ3n) is 1.39. The summed E-state index contributed by atoms with van der Waals surface area (Å²) in [7, 11) is 0. The molecule has 0 saturated carbocycles. The predicted molar refractivity (Wildman–Crippen MR) is 46.6 cm³/mol. The first-order valence-electron chi connectivity index (χ1n) is 3.60. The van der Waals surface area contributed by atoms with Crippen molar-refractivity contribution in [1.82, 2.24) is 0 Å². The summed E-state index contributed by atoms with van der Waals surface area (Å²) in [5.41, 5.74) is 0.553. The highest BCUT2D eigenvalue weighted by molar-refractivity contribution is 5.36. The average Bonchev–Trinajstić information content (AvgIpc) is 2.04. The van der Waals surface area contributed by atoms with E-state index in [0.29, 0.717) is 12.2 Å². The van der Waals surface area contributed by atoms with Crippen LogP contribution in [0.25, 0.3) is 0 Å². The molecule has 1 aromatic carbocycles. The lowest BCUT2D eigenvalue weighted by atomic mass is 10.2. The Labute approximate surface area is 71.5 Å². The van der Waals surface area contributed by atoms with Crippen LogP contribution in [0.15, 0.2) is 30.9 Å². The number of hydrogen-bond acceptors (Lipinski definition) is 1. The summed E-state index contributed by atoms with van der Waals surface area (Å²) in [5, 5.41) is 0. The van der Waals surface area contributed by atoms with Gasteiger partial charge in [-0.2, -0.15) is 0 Å². The van der Waals surface area contributed by atoms with E-state index in [9.17, 15) is 4.39 Å². The van der Waals surface area contributed by atoms with Gasteiger partial charge in [-0.25, -0.2) is 4.39 Å². The standard InChI is InChI=1S/C10H10FO/c1-3-7-12-10-8(2)5-4-6-9(10)11/h3-6H,1-2,7H2. The van der Waals surface area contributed by atoms with Gasteiger partial charge in [0.15, 0.2) is 11.6 Å². The summed E-state index contributed by atoms with van der Waals surface area (Å²) in [6.07, 6.45) is 1.56. The topological polar surface area (TPSA) is 9.23 Å². The Kier molecular flexibility index (Phi) is 2.86. The first kappa shape index (κ1) is 8.78. The van der Waals surface area contributed by atoms with Gasteiger partial charge >= 0.3 is 0 Å². The fourth-order valence-corrected chi connectivity index (χ4v) is 0.857. The highest BCUT2D eigenvalue weighted by Crippen LogP contribution is 2.21. The molecule has 0 aliphatic carbocycles. The third kappa shape index (κ3) is 1.84. The molecule has 0 atom stereocenters. The monoisotopic (exact) mass is 165 g/mol. The van der Waals surface area contributed by atoms with Gasteiger partial charge < -0.3 is 4.74 Å². The van der Waals surface area contributed by atoms with Crippen molar-refractivity contribution in [3.8, 4) is 5.75 Å². The van der Waals surface area contributed by atoms with Crippen LogP contribution in [0.2, 0.25) is 0 Å². The molecule has 12 heavy (non-hydrogen) atoms. The molecule has 0 N–H and O–H groups in total. The van der Waals surface area contributed by atoms with E-state index in [-0.39, 0.29) is 11.6 Å². The van der Waals surface area contributed by atoms with Crippen molar-refractivity contribution in [3.63, 3.8) is 0 Å². The van der Waals surface area contributed by atoms with Crippen molar-refractivity contribution in [3.05, 3.63) is 49.2 Å². The Hall–Kier alpha value is -1.31. The van der Waals surface area contributed by atoms with E-state index in [4.69, 9.17) is 4.74 Å². The van der Waals surface area contributed by atoms with Crippen LogP contribution in [-0.2, 0) is 0 Å². The molecule has 1 radical (unpaired) electrons. The Morgan fingerprint density at radius 3 is 2.83 bits per heavy atom. The fraction of sp³-hybridized carbons (Fsp3) is 0.100. The minimum Gasteiger partial charge on any atom is -0.486 e. The summed E-state index contributed by atoms with van der Waals surface area (Å²) in [6.45, 7) is 7.40. The fourth-order valence-electron chi connectivity index (χ4n) is 0.857. The minimum absolute atomic E-state index is 0.206. The quantitative estimate of drug-likeness (QED) is 0.625. The van der Waals surface area contributed by atoms with E-state index < -0.39 is 0 Å². The van der Waals surface area contributed by atoms with Crippen molar-refractivity contribution < 1.29 is 9.13 Å². The Bertz CT molecular complexity index is 261. The van der Waals surface area contributed by atoms with Crippen LogP contribution in [0.1, 0.15) is 5.56 Å². The molecule has 1 nitrogen and oxygen atoms in total. The zero-order valence-electron chi connectivity index (χ0n) is 6.72. The maximum atomic E-state index is 13.0. The van der Waals surface area contributed by atoms with E-state index in [1.54, 1.807) is 18.2 Å².